The normalized spacial score (nSPS) is 44.6. The van der Waals surface area contributed by atoms with Crippen LogP contribution in [-0.4, -0.2) is 31.7 Å². The molecule has 2 aliphatic carbocycles. The molecule has 0 aromatic carbocycles. The SMILES string of the molecule is C=C1CCC[C@]2(C)C[C@@H]3OC(=O)[C@@H](C[NH+]4CCCCC4)[C@@H]3C[C@@H]12. The summed E-state index contributed by atoms with van der Waals surface area (Å²) in [5, 5.41) is 0. The van der Waals surface area contributed by atoms with Gasteiger partial charge in [-0.25, -0.2) is 0 Å². The van der Waals surface area contributed by atoms with Gasteiger partial charge in [0.25, 0.3) is 0 Å². The topological polar surface area (TPSA) is 30.7 Å². The number of carbonyl (C=O) groups excluding carboxylic acids is 1. The lowest BCUT2D eigenvalue weighted by molar-refractivity contribution is -0.907. The summed E-state index contributed by atoms with van der Waals surface area (Å²) >= 11 is 0. The van der Waals surface area contributed by atoms with Crippen molar-refractivity contribution in [2.24, 2.45) is 23.2 Å². The number of rotatable bonds is 2. The van der Waals surface area contributed by atoms with Gasteiger partial charge < -0.3 is 9.64 Å². The molecule has 0 aromatic heterocycles. The van der Waals surface area contributed by atoms with Crippen LogP contribution in [0.15, 0.2) is 12.2 Å². The fraction of sp³-hybridized carbons (Fsp3) is 0.850. The minimum atomic E-state index is 0.103. The van der Waals surface area contributed by atoms with E-state index in [0.717, 1.165) is 19.4 Å². The molecule has 0 amide bonds. The number of ether oxygens (including phenoxy) is 1. The number of piperidine rings is 1. The van der Waals surface area contributed by atoms with Crippen LogP contribution < -0.4 is 4.90 Å². The summed E-state index contributed by atoms with van der Waals surface area (Å²) in [5.74, 6) is 1.31. The number of likely N-dealkylation sites (tertiary alicyclic amines) is 1. The van der Waals surface area contributed by atoms with Crippen LogP contribution in [0.25, 0.3) is 0 Å². The second-order valence-electron chi connectivity index (χ2n) is 8.92. The molecule has 1 N–H and O–H groups in total. The lowest BCUT2D eigenvalue weighted by Gasteiger charge is -2.50. The number of hydrogen-bond acceptors (Lipinski definition) is 2. The van der Waals surface area contributed by atoms with E-state index in [0.29, 0.717) is 17.3 Å². The van der Waals surface area contributed by atoms with Crippen molar-refractivity contribution < 1.29 is 14.4 Å². The molecule has 3 heteroatoms. The van der Waals surface area contributed by atoms with Crippen molar-refractivity contribution in [3.63, 3.8) is 0 Å². The third kappa shape index (κ3) is 2.75. The average Bonchev–Trinajstić information content (AvgIpc) is 2.81. The maximum absolute atomic E-state index is 12.5. The first-order chi connectivity index (χ1) is 11.1. The van der Waals surface area contributed by atoms with Crippen molar-refractivity contribution >= 4 is 5.97 Å². The van der Waals surface area contributed by atoms with E-state index < -0.39 is 0 Å². The number of fused-ring (bicyclic) bond motifs is 2. The number of hydrogen-bond donors (Lipinski definition) is 1. The summed E-state index contributed by atoms with van der Waals surface area (Å²) in [6.07, 6.45) is 10.1. The smallest absolute Gasteiger partial charge is 0.315 e. The Morgan fingerprint density at radius 2 is 2.04 bits per heavy atom. The fourth-order valence-electron chi connectivity index (χ4n) is 6.06. The van der Waals surface area contributed by atoms with E-state index in [2.05, 4.69) is 13.5 Å². The summed E-state index contributed by atoms with van der Waals surface area (Å²) < 4.78 is 5.89. The van der Waals surface area contributed by atoms with Gasteiger partial charge in [0.1, 0.15) is 12.0 Å². The van der Waals surface area contributed by atoms with E-state index in [1.165, 1.54) is 57.2 Å². The Bertz CT molecular complexity index is 496. The van der Waals surface area contributed by atoms with E-state index >= 15 is 0 Å². The highest BCUT2D eigenvalue weighted by molar-refractivity contribution is 5.75. The van der Waals surface area contributed by atoms with E-state index in [9.17, 15) is 4.79 Å². The zero-order valence-corrected chi connectivity index (χ0v) is 14.6. The molecule has 2 aliphatic heterocycles. The number of carbonyl (C=O) groups is 1. The molecule has 0 spiro atoms. The number of quaternary nitrogens is 1. The number of esters is 1. The van der Waals surface area contributed by atoms with Crippen LogP contribution in [0.4, 0.5) is 0 Å². The molecule has 2 saturated heterocycles. The molecule has 0 radical (unpaired) electrons. The first kappa shape index (κ1) is 15.7. The van der Waals surface area contributed by atoms with Gasteiger partial charge in [0.2, 0.25) is 0 Å². The molecule has 128 valence electrons. The zero-order chi connectivity index (χ0) is 16.0. The van der Waals surface area contributed by atoms with Gasteiger partial charge in [0, 0.05) is 5.92 Å². The van der Waals surface area contributed by atoms with Gasteiger partial charge in [-0.1, -0.05) is 19.1 Å². The van der Waals surface area contributed by atoms with E-state index in [1.54, 1.807) is 4.90 Å². The van der Waals surface area contributed by atoms with E-state index in [-0.39, 0.29) is 18.0 Å². The molecule has 0 bridgehead atoms. The van der Waals surface area contributed by atoms with Crippen LogP contribution in [0.3, 0.4) is 0 Å². The molecule has 4 rings (SSSR count). The summed E-state index contributed by atoms with van der Waals surface area (Å²) in [6, 6.07) is 0. The minimum absolute atomic E-state index is 0.103. The summed E-state index contributed by atoms with van der Waals surface area (Å²) in [6.45, 7) is 10.3. The predicted molar refractivity (Wildman–Crippen MR) is 90.1 cm³/mol. The van der Waals surface area contributed by atoms with Crippen molar-refractivity contribution in [2.45, 2.75) is 64.4 Å². The highest BCUT2D eigenvalue weighted by Crippen LogP contribution is 2.56. The Kier molecular flexibility index (Phi) is 4.03. The van der Waals surface area contributed by atoms with Gasteiger partial charge in [0.15, 0.2) is 0 Å². The quantitative estimate of drug-likeness (QED) is 0.626. The largest absolute Gasteiger partial charge is 0.462 e. The third-order valence-electron chi connectivity index (χ3n) is 7.39. The Balaban J connectivity index is 1.50. The molecule has 4 aliphatic rings. The standard InChI is InChI=1S/C20H31NO2/c1-14-7-6-8-20(2)12-18-15(11-17(14)20)16(19(22)23-18)13-21-9-4-3-5-10-21/h15-18H,1,3-13H2,2H3/p+1/t15-,16-,17-,18-,20+/m0/s1. The highest BCUT2D eigenvalue weighted by atomic mass is 16.6. The number of allylic oxidation sites excluding steroid dienone is 1. The van der Waals surface area contributed by atoms with Crippen molar-refractivity contribution in [3.8, 4) is 0 Å². The Hall–Kier alpha value is -0.830. The lowest BCUT2D eigenvalue weighted by atomic mass is 9.55. The van der Waals surface area contributed by atoms with Crippen LogP contribution in [0.1, 0.15) is 58.3 Å². The third-order valence-corrected chi connectivity index (χ3v) is 7.39. The molecular formula is C20H32NO2+. The monoisotopic (exact) mass is 318 g/mol. The Labute approximate surface area is 140 Å². The minimum Gasteiger partial charge on any atom is -0.462 e. The van der Waals surface area contributed by atoms with Crippen LogP contribution in [-0.2, 0) is 9.53 Å². The molecule has 4 fully saturated rings. The predicted octanol–water partition coefficient (Wildman–Crippen LogP) is 2.37. The first-order valence-electron chi connectivity index (χ1n) is 9.78. The average molecular weight is 318 g/mol. The molecule has 0 aromatic rings. The second-order valence-corrected chi connectivity index (χ2v) is 8.92. The summed E-state index contributed by atoms with van der Waals surface area (Å²) in [5.41, 5.74) is 1.77. The van der Waals surface area contributed by atoms with Crippen LogP contribution in [0.2, 0.25) is 0 Å². The van der Waals surface area contributed by atoms with Gasteiger partial charge in [-0.2, -0.15) is 0 Å². The number of nitrogens with one attached hydrogen (secondary N) is 1. The van der Waals surface area contributed by atoms with Gasteiger partial charge in [-0.05, 0) is 62.7 Å². The summed E-state index contributed by atoms with van der Waals surface area (Å²) in [7, 11) is 0. The highest BCUT2D eigenvalue weighted by Gasteiger charge is 2.55. The van der Waals surface area contributed by atoms with Crippen molar-refractivity contribution in [1.82, 2.24) is 0 Å². The second kappa shape index (κ2) is 5.91. The van der Waals surface area contributed by atoms with Crippen LogP contribution in [0.5, 0.6) is 0 Å². The zero-order valence-electron chi connectivity index (χ0n) is 14.6. The maximum Gasteiger partial charge on any atom is 0.315 e. The molecule has 5 atom stereocenters. The lowest BCUT2D eigenvalue weighted by Crippen LogP contribution is -3.13. The molecule has 2 heterocycles. The van der Waals surface area contributed by atoms with Gasteiger partial charge in [-0.3, -0.25) is 4.79 Å². The molecule has 3 nitrogen and oxygen atoms in total. The Morgan fingerprint density at radius 3 is 2.83 bits per heavy atom. The summed E-state index contributed by atoms with van der Waals surface area (Å²) in [4.78, 5) is 14.2. The fourth-order valence-corrected chi connectivity index (χ4v) is 6.06. The first-order valence-corrected chi connectivity index (χ1v) is 9.78. The van der Waals surface area contributed by atoms with Crippen LogP contribution in [0, 0.1) is 23.2 Å². The maximum atomic E-state index is 12.5. The molecule has 0 unspecified atom stereocenters. The van der Waals surface area contributed by atoms with Crippen LogP contribution >= 0.6 is 0 Å². The van der Waals surface area contributed by atoms with Crippen molar-refractivity contribution in [3.05, 3.63) is 12.2 Å². The van der Waals surface area contributed by atoms with Crippen molar-refractivity contribution in [1.29, 1.82) is 0 Å². The van der Waals surface area contributed by atoms with Gasteiger partial charge in [0.05, 0.1) is 19.6 Å². The van der Waals surface area contributed by atoms with Crippen molar-refractivity contribution in [2.75, 3.05) is 19.6 Å². The molecule has 23 heavy (non-hydrogen) atoms. The molecular weight excluding hydrogens is 286 g/mol. The van der Waals surface area contributed by atoms with E-state index in [4.69, 9.17) is 4.74 Å². The van der Waals surface area contributed by atoms with Gasteiger partial charge in [-0.15, -0.1) is 0 Å². The molecule has 2 saturated carbocycles. The van der Waals surface area contributed by atoms with Gasteiger partial charge >= 0.3 is 5.97 Å². The Morgan fingerprint density at radius 1 is 1.26 bits per heavy atom. The van der Waals surface area contributed by atoms with E-state index in [1.807, 2.05) is 0 Å².